The highest BCUT2D eigenvalue weighted by atomic mass is 16.3. The van der Waals surface area contributed by atoms with Gasteiger partial charge in [-0.2, -0.15) is 0 Å². The van der Waals surface area contributed by atoms with E-state index < -0.39 is 0 Å². The highest BCUT2D eigenvalue weighted by molar-refractivity contribution is 5.98. The zero-order chi connectivity index (χ0) is 17.9. The molecule has 1 aromatic heterocycles. The first-order valence-corrected chi connectivity index (χ1v) is 8.82. The number of fused-ring (bicyclic) bond motifs is 1. The zero-order valence-electron chi connectivity index (χ0n) is 14.4. The Balaban J connectivity index is 1.36. The Morgan fingerprint density at radius 1 is 0.962 bits per heavy atom. The number of furan rings is 1. The molecule has 132 valence electrons. The molecule has 1 saturated heterocycles. The van der Waals surface area contributed by atoms with Gasteiger partial charge in [-0.25, -0.2) is 0 Å². The first kappa shape index (κ1) is 16.4. The van der Waals surface area contributed by atoms with Gasteiger partial charge in [-0.1, -0.05) is 30.3 Å². The highest BCUT2D eigenvalue weighted by Gasteiger charge is 2.25. The molecule has 0 bridgehead atoms. The van der Waals surface area contributed by atoms with Crippen LogP contribution in [0.5, 0.6) is 0 Å². The molecule has 2 aromatic carbocycles. The van der Waals surface area contributed by atoms with E-state index in [0.29, 0.717) is 24.2 Å². The maximum Gasteiger partial charge on any atom is 0.257 e. The maximum absolute atomic E-state index is 12.6. The number of piperidine rings is 1. The van der Waals surface area contributed by atoms with Crippen molar-refractivity contribution < 1.29 is 14.0 Å². The SMILES string of the molecule is O=C(NC1CCN(C(=O)c2ccoc2)CC1)c1ccc2ccccc2c1. The van der Waals surface area contributed by atoms with Gasteiger partial charge in [-0.05, 0) is 41.8 Å². The van der Waals surface area contributed by atoms with Crippen LogP contribution >= 0.6 is 0 Å². The smallest absolute Gasteiger partial charge is 0.257 e. The van der Waals surface area contributed by atoms with Crippen molar-refractivity contribution >= 4 is 22.6 Å². The Labute approximate surface area is 151 Å². The van der Waals surface area contributed by atoms with Crippen LogP contribution in [0.1, 0.15) is 33.6 Å². The lowest BCUT2D eigenvalue weighted by atomic mass is 10.0. The second-order valence-corrected chi connectivity index (χ2v) is 6.61. The molecule has 5 heteroatoms. The fourth-order valence-electron chi connectivity index (χ4n) is 3.39. The van der Waals surface area contributed by atoms with Crippen LogP contribution in [-0.4, -0.2) is 35.8 Å². The summed E-state index contributed by atoms with van der Waals surface area (Å²) in [7, 11) is 0. The normalized spacial score (nSPS) is 15.2. The summed E-state index contributed by atoms with van der Waals surface area (Å²) in [5.41, 5.74) is 1.24. The lowest BCUT2D eigenvalue weighted by Gasteiger charge is -2.32. The van der Waals surface area contributed by atoms with Crippen molar-refractivity contribution in [3.8, 4) is 0 Å². The minimum Gasteiger partial charge on any atom is -0.472 e. The number of hydrogen-bond donors (Lipinski definition) is 1. The van der Waals surface area contributed by atoms with Crippen molar-refractivity contribution in [2.45, 2.75) is 18.9 Å². The van der Waals surface area contributed by atoms with Gasteiger partial charge in [0.2, 0.25) is 0 Å². The third-order valence-corrected chi connectivity index (χ3v) is 4.90. The van der Waals surface area contributed by atoms with Gasteiger partial charge in [0, 0.05) is 24.7 Å². The fourth-order valence-corrected chi connectivity index (χ4v) is 3.39. The largest absolute Gasteiger partial charge is 0.472 e. The number of likely N-dealkylation sites (tertiary alicyclic amines) is 1. The van der Waals surface area contributed by atoms with Crippen molar-refractivity contribution in [3.63, 3.8) is 0 Å². The molecule has 0 saturated carbocycles. The van der Waals surface area contributed by atoms with Crippen molar-refractivity contribution in [1.82, 2.24) is 10.2 Å². The molecule has 2 heterocycles. The van der Waals surface area contributed by atoms with Crippen molar-refractivity contribution in [2.75, 3.05) is 13.1 Å². The van der Waals surface area contributed by atoms with Crippen molar-refractivity contribution in [2.24, 2.45) is 0 Å². The molecule has 0 unspecified atom stereocenters. The molecule has 1 aliphatic heterocycles. The van der Waals surface area contributed by atoms with Crippen LogP contribution in [0.4, 0.5) is 0 Å². The summed E-state index contributed by atoms with van der Waals surface area (Å²) in [5, 5.41) is 5.28. The summed E-state index contributed by atoms with van der Waals surface area (Å²) >= 11 is 0. The van der Waals surface area contributed by atoms with Crippen molar-refractivity contribution in [3.05, 3.63) is 72.2 Å². The van der Waals surface area contributed by atoms with Gasteiger partial charge in [0.15, 0.2) is 0 Å². The Hall–Kier alpha value is -3.08. The summed E-state index contributed by atoms with van der Waals surface area (Å²) in [6.07, 6.45) is 4.48. The summed E-state index contributed by atoms with van der Waals surface area (Å²) < 4.78 is 4.98. The Morgan fingerprint density at radius 2 is 1.73 bits per heavy atom. The summed E-state index contributed by atoms with van der Waals surface area (Å²) in [5.74, 6) is -0.0755. The highest BCUT2D eigenvalue weighted by Crippen LogP contribution is 2.18. The Morgan fingerprint density at radius 3 is 2.46 bits per heavy atom. The molecule has 1 fully saturated rings. The quantitative estimate of drug-likeness (QED) is 0.788. The van der Waals surface area contributed by atoms with Gasteiger partial charge in [-0.3, -0.25) is 9.59 Å². The topological polar surface area (TPSA) is 62.6 Å². The molecule has 2 amide bonds. The average molecular weight is 348 g/mol. The number of carbonyl (C=O) groups is 2. The summed E-state index contributed by atoms with van der Waals surface area (Å²) in [6.45, 7) is 1.26. The van der Waals surface area contributed by atoms with E-state index in [0.717, 1.165) is 23.6 Å². The second-order valence-electron chi connectivity index (χ2n) is 6.61. The molecule has 4 rings (SSSR count). The van der Waals surface area contributed by atoms with Crippen LogP contribution < -0.4 is 5.32 Å². The van der Waals surface area contributed by atoms with Gasteiger partial charge >= 0.3 is 0 Å². The molecular formula is C21H20N2O3. The number of hydrogen-bond acceptors (Lipinski definition) is 3. The predicted octanol–water partition coefficient (Wildman–Crippen LogP) is 3.47. The van der Waals surface area contributed by atoms with E-state index in [9.17, 15) is 9.59 Å². The first-order chi connectivity index (χ1) is 12.7. The van der Waals surface area contributed by atoms with E-state index in [-0.39, 0.29) is 17.9 Å². The zero-order valence-corrected chi connectivity index (χ0v) is 14.4. The van der Waals surface area contributed by atoms with Crippen LogP contribution in [0.3, 0.4) is 0 Å². The van der Waals surface area contributed by atoms with Gasteiger partial charge in [0.05, 0.1) is 11.8 Å². The summed E-state index contributed by atoms with van der Waals surface area (Å²) in [4.78, 5) is 26.7. The predicted molar refractivity (Wildman–Crippen MR) is 99.0 cm³/mol. The van der Waals surface area contributed by atoms with Gasteiger partial charge in [0.25, 0.3) is 11.8 Å². The third-order valence-electron chi connectivity index (χ3n) is 4.90. The molecule has 1 N–H and O–H groups in total. The van der Waals surface area contributed by atoms with E-state index in [4.69, 9.17) is 4.42 Å². The van der Waals surface area contributed by atoms with Crippen molar-refractivity contribution in [1.29, 1.82) is 0 Å². The van der Waals surface area contributed by atoms with E-state index in [1.165, 1.54) is 12.5 Å². The molecule has 0 spiro atoms. The van der Waals surface area contributed by atoms with Crippen LogP contribution in [0, 0.1) is 0 Å². The second kappa shape index (κ2) is 7.04. The van der Waals surface area contributed by atoms with E-state index in [2.05, 4.69) is 5.32 Å². The average Bonchev–Trinajstić information content (AvgIpc) is 3.22. The minimum atomic E-state index is -0.0598. The van der Waals surface area contributed by atoms with E-state index in [1.807, 2.05) is 47.4 Å². The fraction of sp³-hybridized carbons (Fsp3) is 0.238. The molecule has 0 atom stereocenters. The number of benzene rings is 2. The Kier molecular flexibility index (Phi) is 4.44. The molecule has 0 radical (unpaired) electrons. The number of rotatable bonds is 3. The monoisotopic (exact) mass is 348 g/mol. The lowest BCUT2D eigenvalue weighted by molar-refractivity contribution is 0.0697. The van der Waals surface area contributed by atoms with Crippen LogP contribution in [-0.2, 0) is 0 Å². The van der Waals surface area contributed by atoms with Crippen LogP contribution in [0.25, 0.3) is 10.8 Å². The van der Waals surface area contributed by atoms with Gasteiger partial charge in [0.1, 0.15) is 6.26 Å². The maximum atomic E-state index is 12.6. The molecule has 0 aliphatic carbocycles. The van der Waals surface area contributed by atoms with Crippen LogP contribution in [0.15, 0.2) is 65.5 Å². The number of carbonyl (C=O) groups excluding carboxylic acids is 2. The molecular weight excluding hydrogens is 328 g/mol. The van der Waals surface area contributed by atoms with Gasteiger partial charge in [-0.15, -0.1) is 0 Å². The molecule has 5 nitrogen and oxygen atoms in total. The first-order valence-electron chi connectivity index (χ1n) is 8.82. The summed E-state index contributed by atoms with van der Waals surface area (Å²) in [6, 6.07) is 15.5. The van der Waals surface area contributed by atoms with Crippen LogP contribution in [0.2, 0.25) is 0 Å². The Bertz CT molecular complexity index is 925. The molecule has 1 aliphatic rings. The van der Waals surface area contributed by atoms with E-state index >= 15 is 0 Å². The molecule has 26 heavy (non-hydrogen) atoms. The number of nitrogens with one attached hydrogen (secondary N) is 1. The minimum absolute atomic E-state index is 0.0157. The molecule has 3 aromatic rings. The van der Waals surface area contributed by atoms with Gasteiger partial charge < -0.3 is 14.6 Å². The third kappa shape index (κ3) is 3.33. The standard InChI is InChI=1S/C21H20N2O3/c24-20(17-6-5-15-3-1-2-4-16(15)13-17)22-19-7-10-23(11-8-19)21(25)18-9-12-26-14-18/h1-6,9,12-14,19H,7-8,10-11H2,(H,22,24). The number of amides is 2. The lowest BCUT2D eigenvalue weighted by Crippen LogP contribution is -2.46. The van der Waals surface area contributed by atoms with E-state index in [1.54, 1.807) is 6.07 Å². The number of nitrogens with zero attached hydrogens (tertiary/aromatic N) is 1.